The Kier molecular flexibility index (Phi) is 22.1. The fraction of sp³-hybridized carbons (Fsp3) is 0.346. The molecule has 0 saturated carbocycles. The van der Waals surface area contributed by atoms with Crippen molar-refractivity contribution in [2.24, 2.45) is 0 Å². The number of hydrogen-bond donors (Lipinski definition) is 3. The van der Waals surface area contributed by atoms with E-state index in [4.69, 9.17) is 14.2 Å². The molecule has 3 amide bonds. The van der Waals surface area contributed by atoms with Crippen LogP contribution in [0.25, 0.3) is 32.3 Å². The predicted molar refractivity (Wildman–Crippen MR) is 368 cm³/mol. The van der Waals surface area contributed by atoms with Crippen LogP contribution >= 0.6 is 0 Å². The molecule has 3 N–H and O–H groups in total. The molecule has 2 unspecified atom stereocenters. The Labute approximate surface area is 533 Å². The summed E-state index contributed by atoms with van der Waals surface area (Å²) in [5.41, 5.74) is 8.40. The second kappa shape index (κ2) is 30.6. The van der Waals surface area contributed by atoms with Crippen LogP contribution in [0, 0.1) is 0 Å². The van der Waals surface area contributed by atoms with E-state index in [1.54, 1.807) is 0 Å². The van der Waals surface area contributed by atoms with Crippen LogP contribution in [0.4, 0.5) is 17.1 Å². The van der Waals surface area contributed by atoms with Crippen molar-refractivity contribution in [3.05, 3.63) is 234 Å². The second-order valence-corrected chi connectivity index (χ2v) is 25.9. The molecule has 0 radical (unpaired) electrons. The maximum Gasteiger partial charge on any atom is 0.255 e. The SMILES string of the molecule is CCC[N+](C)(Cc1ccc(NC(=O)c2ccc3ccccc3c2)cc1)C1CCOCC1.CC[N+](C)(Cc1ccc(NC(=O)c2ccc3ccccc3c2)cc1)C1CCOCC1.C[N+](C)(Cc1ccc(NC(=O)c2ccc3ccccc3c2)cc1)C1CCOCC1. The van der Waals surface area contributed by atoms with E-state index < -0.39 is 0 Å². The molecule has 0 aliphatic carbocycles. The molecule has 12 heteroatoms. The van der Waals surface area contributed by atoms with E-state index in [2.05, 4.69) is 113 Å². The van der Waals surface area contributed by atoms with E-state index in [0.29, 0.717) is 34.8 Å². The lowest BCUT2D eigenvalue weighted by Gasteiger charge is -2.43. The maximum atomic E-state index is 12.7. The molecule has 3 aliphatic rings. The Morgan fingerprint density at radius 3 is 1.00 bits per heavy atom. The number of nitrogens with one attached hydrogen (secondary N) is 3. The highest BCUT2D eigenvalue weighted by Gasteiger charge is 2.35. The highest BCUT2D eigenvalue weighted by molar-refractivity contribution is 6.08. The molecular formula is C78H93N6O6+3. The zero-order chi connectivity index (χ0) is 62.9. The largest absolute Gasteiger partial charge is 0.381 e. The minimum absolute atomic E-state index is 0.0766. The average Bonchev–Trinajstić information content (AvgIpc) is 1.38. The van der Waals surface area contributed by atoms with Crippen LogP contribution in [0.15, 0.2) is 200 Å². The molecule has 3 aliphatic heterocycles. The lowest BCUT2D eigenvalue weighted by atomic mass is 10.0. The van der Waals surface area contributed by atoms with Crippen molar-refractivity contribution in [1.29, 1.82) is 0 Å². The van der Waals surface area contributed by atoms with Crippen molar-refractivity contribution in [3.8, 4) is 0 Å². The summed E-state index contributed by atoms with van der Waals surface area (Å²) in [6.07, 6.45) is 7.94. The van der Waals surface area contributed by atoms with Crippen LogP contribution < -0.4 is 16.0 Å². The number of rotatable bonds is 18. The van der Waals surface area contributed by atoms with Crippen molar-refractivity contribution in [3.63, 3.8) is 0 Å². The highest BCUT2D eigenvalue weighted by atomic mass is 16.5. The first-order valence-electron chi connectivity index (χ1n) is 32.6. The van der Waals surface area contributed by atoms with E-state index in [1.807, 2.05) is 146 Å². The Bertz CT molecular complexity index is 3820. The lowest BCUT2D eigenvalue weighted by molar-refractivity contribution is -0.947. The molecule has 9 aromatic rings. The first-order valence-corrected chi connectivity index (χ1v) is 32.6. The van der Waals surface area contributed by atoms with Crippen LogP contribution in [0.1, 0.15) is 107 Å². The first kappa shape index (κ1) is 64.9. The Balaban J connectivity index is 0.000000149. The standard InChI is InChI=1S/C27H32N2O2.C26H30N2O2.C25H28N2O2/c1-3-16-29(2,26-14-17-31-18-15-26)20-21-8-12-25(13-9-21)28-27(30)24-11-10-22-6-4-5-7-23(22)19-24;1-3-28(2,25-14-16-30-17-15-25)19-20-8-12-24(13-9-20)27-26(29)23-11-10-21-6-4-5-7-22(21)18-23;1-27(2,24-13-15-29-16-14-24)18-19-7-11-23(12-8-19)26-25(28)22-10-9-20-5-3-4-6-21(20)17-22/h4-13,19,26H,3,14-18,20H2,1-2H3;4-13,18,25H,3,14-17,19H2,1-2H3;3-12,17,24H,13-16,18H2,1-2H3/p+3. The van der Waals surface area contributed by atoms with E-state index >= 15 is 0 Å². The fourth-order valence-corrected chi connectivity index (χ4v) is 13.5. The van der Waals surface area contributed by atoms with Gasteiger partial charge in [-0.3, -0.25) is 14.4 Å². The summed E-state index contributed by atoms with van der Waals surface area (Å²) in [6.45, 7) is 15.0. The van der Waals surface area contributed by atoms with Gasteiger partial charge in [0, 0.05) is 89.0 Å². The molecule has 0 spiro atoms. The van der Waals surface area contributed by atoms with E-state index in [0.717, 1.165) is 167 Å². The molecule has 3 heterocycles. The van der Waals surface area contributed by atoms with Gasteiger partial charge in [0.2, 0.25) is 0 Å². The van der Waals surface area contributed by atoms with Crippen LogP contribution in [0.2, 0.25) is 0 Å². The smallest absolute Gasteiger partial charge is 0.255 e. The van der Waals surface area contributed by atoms with Crippen molar-refractivity contribution < 1.29 is 42.0 Å². The number of carbonyl (C=O) groups excluding carboxylic acids is 3. The van der Waals surface area contributed by atoms with Gasteiger partial charge in [-0.25, -0.2) is 0 Å². The van der Waals surface area contributed by atoms with Gasteiger partial charge in [0.1, 0.15) is 19.6 Å². The summed E-state index contributed by atoms with van der Waals surface area (Å²) in [5, 5.41) is 15.7. The topological polar surface area (TPSA) is 115 Å². The number of nitrogens with zero attached hydrogens (tertiary/aromatic N) is 3. The van der Waals surface area contributed by atoms with Crippen LogP contribution in [0.3, 0.4) is 0 Å². The van der Waals surface area contributed by atoms with Gasteiger partial charge in [0.15, 0.2) is 0 Å². The number of ether oxygens (including phenoxy) is 3. The summed E-state index contributed by atoms with van der Waals surface area (Å²) < 4.78 is 19.7. The second-order valence-electron chi connectivity index (χ2n) is 25.9. The first-order chi connectivity index (χ1) is 43.7. The van der Waals surface area contributed by atoms with Gasteiger partial charge in [-0.1, -0.05) is 134 Å². The van der Waals surface area contributed by atoms with E-state index in [1.165, 1.54) is 29.7 Å². The Hall–Kier alpha value is -8.07. The lowest BCUT2D eigenvalue weighted by Crippen LogP contribution is -2.53. The van der Waals surface area contributed by atoms with Gasteiger partial charge in [-0.15, -0.1) is 0 Å². The zero-order valence-electron chi connectivity index (χ0n) is 53.8. The van der Waals surface area contributed by atoms with Crippen LogP contribution in [-0.4, -0.2) is 130 Å². The molecule has 3 saturated heterocycles. The number of anilines is 3. The Morgan fingerprint density at radius 2 is 0.667 bits per heavy atom. The number of fused-ring (bicyclic) bond motifs is 3. The van der Waals surface area contributed by atoms with Gasteiger partial charge in [0.05, 0.1) is 99.0 Å². The fourth-order valence-electron chi connectivity index (χ4n) is 13.5. The van der Waals surface area contributed by atoms with Gasteiger partial charge in [0.25, 0.3) is 17.7 Å². The van der Waals surface area contributed by atoms with Gasteiger partial charge >= 0.3 is 0 Å². The minimum Gasteiger partial charge on any atom is -0.381 e. The number of hydrogen-bond acceptors (Lipinski definition) is 6. The van der Waals surface area contributed by atoms with Gasteiger partial charge in [-0.05, 0) is 118 Å². The molecule has 9 aromatic carbocycles. The van der Waals surface area contributed by atoms with E-state index in [-0.39, 0.29) is 17.7 Å². The van der Waals surface area contributed by atoms with Crippen molar-refractivity contribution in [1.82, 2.24) is 0 Å². The normalized spacial score (nSPS) is 16.3. The molecule has 90 heavy (non-hydrogen) atoms. The zero-order valence-corrected chi connectivity index (χ0v) is 53.8. The van der Waals surface area contributed by atoms with Crippen molar-refractivity contribution >= 4 is 67.1 Å². The molecule has 12 rings (SSSR count). The van der Waals surface area contributed by atoms with E-state index in [9.17, 15) is 14.4 Å². The predicted octanol–water partition coefficient (Wildman–Crippen LogP) is 15.7. The maximum absolute atomic E-state index is 12.7. The van der Waals surface area contributed by atoms with Gasteiger partial charge < -0.3 is 43.6 Å². The summed E-state index contributed by atoms with van der Waals surface area (Å²) in [5.74, 6) is -0.237. The molecule has 0 aromatic heterocycles. The third-order valence-electron chi connectivity index (χ3n) is 19.1. The monoisotopic (exact) mass is 1210 g/mol. The number of carbonyl (C=O) groups is 3. The third kappa shape index (κ3) is 17.2. The van der Waals surface area contributed by atoms with Gasteiger partial charge in [-0.2, -0.15) is 0 Å². The molecule has 2 atom stereocenters. The number of amides is 3. The average molecular weight is 1210 g/mol. The number of benzene rings is 9. The summed E-state index contributed by atoms with van der Waals surface area (Å²) in [4.78, 5) is 38.1. The third-order valence-corrected chi connectivity index (χ3v) is 19.1. The highest BCUT2D eigenvalue weighted by Crippen LogP contribution is 2.29. The molecular weight excluding hydrogens is 1120 g/mol. The number of quaternary nitrogens is 3. The minimum atomic E-state index is -0.0816. The molecule has 3 fully saturated rings. The quantitative estimate of drug-likeness (QED) is 0.0738. The molecule has 12 nitrogen and oxygen atoms in total. The van der Waals surface area contributed by atoms with Crippen LogP contribution in [0.5, 0.6) is 0 Å². The summed E-state index contributed by atoms with van der Waals surface area (Å²) >= 11 is 0. The molecule has 468 valence electrons. The summed E-state index contributed by atoms with van der Waals surface area (Å²) in [7, 11) is 9.33. The Morgan fingerprint density at radius 1 is 0.367 bits per heavy atom. The molecule has 0 bridgehead atoms. The van der Waals surface area contributed by atoms with Crippen molar-refractivity contribution in [2.75, 3.05) is 96.9 Å². The summed E-state index contributed by atoms with van der Waals surface area (Å²) in [6, 6.07) is 68.5. The van der Waals surface area contributed by atoms with Crippen molar-refractivity contribution in [2.45, 2.75) is 96.6 Å². The van der Waals surface area contributed by atoms with Crippen LogP contribution in [-0.2, 0) is 33.8 Å².